The molecule has 0 aromatic rings. The van der Waals surface area contributed by atoms with Gasteiger partial charge in [0.05, 0.1) is 19.0 Å². The molecule has 1 saturated heterocycles. The van der Waals surface area contributed by atoms with E-state index in [4.69, 9.17) is 11.5 Å². The minimum absolute atomic E-state index is 0.0501. The Morgan fingerprint density at radius 1 is 0.655 bits per heavy atom. The molecule has 0 saturated carbocycles. The summed E-state index contributed by atoms with van der Waals surface area (Å²) in [6, 6.07) is -8.28. The molecule has 1 aliphatic heterocycles. The Morgan fingerprint density at radius 3 is 1.53 bits per heavy atom. The lowest BCUT2D eigenvalue weighted by molar-refractivity contribution is -0.143. The van der Waals surface area contributed by atoms with E-state index < -0.39 is 103 Å². The topological polar surface area (TPSA) is 322 Å². The highest BCUT2D eigenvalue weighted by atomic mass is 16.4. The number of hydrogen-bond donors (Lipinski definition) is 10. The molecule has 0 radical (unpaired) electrons. The van der Waals surface area contributed by atoms with Gasteiger partial charge in [0.1, 0.15) is 36.3 Å². The molecule has 1 heterocycles. The molecule has 20 nitrogen and oxygen atoms in total. The zero-order valence-electron chi connectivity index (χ0n) is 34.9. The summed E-state index contributed by atoms with van der Waals surface area (Å²) < 4.78 is 0. The van der Waals surface area contributed by atoms with Crippen LogP contribution >= 0.6 is 0 Å². The van der Waals surface area contributed by atoms with Crippen molar-refractivity contribution >= 4 is 53.3 Å². The van der Waals surface area contributed by atoms with E-state index in [-0.39, 0.29) is 49.3 Å². The summed E-state index contributed by atoms with van der Waals surface area (Å²) >= 11 is 0. The van der Waals surface area contributed by atoms with Crippen molar-refractivity contribution in [3.05, 3.63) is 0 Å². The van der Waals surface area contributed by atoms with Crippen LogP contribution < -0.4 is 43.4 Å². The fourth-order valence-electron chi connectivity index (χ4n) is 6.43. The second-order valence-electron chi connectivity index (χ2n) is 16.2. The third kappa shape index (κ3) is 18.6. The summed E-state index contributed by atoms with van der Waals surface area (Å²) in [5.41, 5.74) is 11.2. The van der Waals surface area contributed by atoms with Gasteiger partial charge >= 0.3 is 11.9 Å². The van der Waals surface area contributed by atoms with E-state index >= 15 is 0 Å². The lowest BCUT2D eigenvalue weighted by Gasteiger charge is -2.28. The van der Waals surface area contributed by atoms with Crippen LogP contribution in [-0.4, -0.2) is 130 Å². The lowest BCUT2D eigenvalue weighted by Crippen LogP contribution is -2.59. The van der Waals surface area contributed by atoms with Crippen molar-refractivity contribution in [3.8, 4) is 0 Å². The normalized spacial score (nSPS) is 17.0. The second kappa shape index (κ2) is 25.5. The summed E-state index contributed by atoms with van der Waals surface area (Å²) in [6.07, 6.45) is 1.41. The maximum Gasteiger partial charge on any atom is 0.326 e. The first kappa shape index (κ1) is 51.2. The number of hydrogen-bond acceptors (Lipinski definition) is 11. The van der Waals surface area contributed by atoms with Crippen molar-refractivity contribution in [2.45, 2.75) is 149 Å². The molecule has 0 aliphatic carbocycles. The molecule has 20 heteroatoms. The van der Waals surface area contributed by atoms with Crippen LogP contribution in [0.2, 0.25) is 0 Å². The van der Waals surface area contributed by atoms with E-state index in [0.717, 1.165) is 0 Å². The van der Waals surface area contributed by atoms with Gasteiger partial charge in [0.15, 0.2) is 0 Å². The van der Waals surface area contributed by atoms with Crippen molar-refractivity contribution in [2.24, 2.45) is 29.2 Å². The van der Waals surface area contributed by atoms with Crippen molar-refractivity contribution in [1.29, 1.82) is 0 Å². The second-order valence-corrected chi connectivity index (χ2v) is 16.2. The van der Waals surface area contributed by atoms with Crippen molar-refractivity contribution in [1.82, 2.24) is 36.8 Å². The Balaban J connectivity index is 3.15. The Hall–Kier alpha value is -4.85. The van der Waals surface area contributed by atoms with Gasteiger partial charge in [-0.3, -0.25) is 38.4 Å². The molecule has 0 bridgehead atoms. The molecule has 12 N–H and O–H groups in total. The van der Waals surface area contributed by atoms with Crippen molar-refractivity contribution in [2.75, 3.05) is 19.6 Å². The molecule has 0 unspecified atom stereocenters. The zero-order valence-corrected chi connectivity index (χ0v) is 34.9. The molecular weight excluding hydrogens is 758 g/mol. The Kier molecular flexibility index (Phi) is 22.5. The Morgan fingerprint density at radius 2 is 1.10 bits per heavy atom. The summed E-state index contributed by atoms with van der Waals surface area (Å²) in [5, 5.41) is 34.3. The van der Waals surface area contributed by atoms with Crippen molar-refractivity contribution in [3.63, 3.8) is 0 Å². The van der Waals surface area contributed by atoms with Gasteiger partial charge in [0, 0.05) is 6.54 Å². The van der Waals surface area contributed by atoms with E-state index in [1.165, 1.54) is 11.8 Å². The van der Waals surface area contributed by atoms with E-state index in [1.54, 1.807) is 27.7 Å². The number of nitrogens with one attached hydrogen (secondary N) is 6. The number of aliphatic carboxylic acids is 2. The van der Waals surface area contributed by atoms with Gasteiger partial charge in [-0.2, -0.15) is 0 Å². The number of carbonyl (C=O) groups is 9. The average molecular weight is 826 g/mol. The van der Waals surface area contributed by atoms with Gasteiger partial charge < -0.3 is 58.5 Å². The quantitative estimate of drug-likeness (QED) is 0.0454. The minimum atomic E-state index is -1.70. The van der Waals surface area contributed by atoms with Crippen LogP contribution in [0.1, 0.15) is 106 Å². The van der Waals surface area contributed by atoms with E-state index in [9.17, 15) is 53.4 Å². The Bertz CT molecular complexity index is 1440. The van der Waals surface area contributed by atoms with Crippen molar-refractivity contribution < 1.29 is 53.4 Å². The highest BCUT2D eigenvalue weighted by Gasteiger charge is 2.36. The van der Waals surface area contributed by atoms with Crippen LogP contribution in [-0.2, 0) is 43.2 Å². The molecule has 0 spiro atoms. The number of amides is 7. The van der Waals surface area contributed by atoms with Crippen LogP contribution in [0.25, 0.3) is 0 Å². The third-order valence-electron chi connectivity index (χ3n) is 9.26. The first-order valence-electron chi connectivity index (χ1n) is 20.1. The van der Waals surface area contributed by atoms with Crippen LogP contribution in [0.4, 0.5) is 0 Å². The van der Waals surface area contributed by atoms with Gasteiger partial charge in [0.2, 0.25) is 41.4 Å². The predicted octanol–water partition coefficient (Wildman–Crippen LogP) is -1.31. The number of likely N-dealkylation sites (tertiary alicyclic amines) is 1. The monoisotopic (exact) mass is 825 g/mol. The van der Waals surface area contributed by atoms with Gasteiger partial charge in [-0.1, -0.05) is 41.5 Å². The highest BCUT2D eigenvalue weighted by molar-refractivity contribution is 5.98. The van der Waals surface area contributed by atoms with Crippen LogP contribution in [0.5, 0.6) is 0 Å². The summed E-state index contributed by atoms with van der Waals surface area (Å²) in [5.74, 6) is -8.30. The van der Waals surface area contributed by atoms with Crippen LogP contribution in [0.15, 0.2) is 0 Å². The fourth-order valence-corrected chi connectivity index (χ4v) is 6.43. The number of rotatable bonds is 26. The summed E-state index contributed by atoms with van der Waals surface area (Å²) in [7, 11) is 0. The average Bonchev–Trinajstić information content (AvgIpc) is 3.61. The lowest BCUT2D eigenvalue weighted by atomic mass is 9.99. The van der Waals surface area contributed by atoms with Gasteiger partial charge in [0.25, 0.3) is 0 Å². The van der Waals surface area contributed by atoms with Gasteiger partial charge in [-0.25, -0.2) is 4.79 Å². The SMILES string of the molecule is CC(C)C[C@H](NC(=O)CNC(=O)[C@@H]1CCCN1C(=O)[C@H](C)N)C(=O)N[C@@H](CC(C)C)C(=O)N[C@@H](CC(=O)O)C(=O)N[C@@H](CC(C)C)C(=O)N[C@@H](CCCCN)C(=O)O. The predicted molar refractivity (Wildman–Crippen MR) is 212 cm³/mol. The minimum Gasteiger partial charge on any atom is -0.481 e. The van der Waals surface area contributed by atoms with Gasteiger partial charge in [-0.15, -0.1) is 0 Å². The van der Waals surface area contributed by atoms with E-state index in [0.29, 0.717) is 38.8 Å². The molecule has 58 heavy (non-hydrogen) atoms. The molecule has 330 valence electrons. The number of nitrogens with zero attached hydrogens (tertiary/aromatic N) is 1. The molecule has 1 fully saturated rings. The smallest absolute Gasteiger partial charge is 0.326 e. The first-order valence-corrected chi connectivity index (χ1v) is 20.1. The molecule has 1 rings (SSSR count). The van der Waals surface area contributed by atoms with E-state index in [2.05, 4.69) is 31.9 Å². The molecule has 0 aromatic carbocycles. The number of carboxylic acids is 2. The maximum absolute atomic E-state index is 13.7. The van der Waals surface area contributed by atoms with Crippen LogP contribution in [0.3, 0.4) is 0 Å². The number of carboxylic acid groups (broad SMARTS) is 2. The van der Waals surface area contributed by atoms with E-state index in [1.807, 2.05) is 13.8 Å². The molecule has 7 amide bonds. The number of nitrogens with two attached hydrogens (primary N) is 2. The summed E-state index contributed by atoms with van der Waals surface area (Å²) in [4.78, 5) is 118. The molecule has 0 aromatic heterocycles. The third-order valence-corrected chi connectivity index (χ3v) is 9.26. The largest absolute Gasteiger partial charge is 0.481 e. The number of unbranched alkanes of at least 4 members (excludes halogenated alkanes) is 1. The van der Waals surface area contributed by atoms with Gasteiger partial charge in [-0.05, 0) is 82.6 Å². The maximum atomic E-state index is 13.7. The standard InChI is InChI=1S/C38H67N9O11/c1-20(2)15-25(42-30(48)19-41-36(55)29-12-10-14-47(29)37(56)23(7)40)32(51)44-27(17-22(5)6)34(53)46-28(18-31(49)50)35(54)45-26(16-21(3)4)33(52)43-24(38(57)58)11-8-9-13-39/h20-29H,8-19,39-40H2,1-7H3,(H,41,55)(H,42,48)(H,43,52)(H,44,51)(H,45,54)(H,46,53)(H,49,50)(H,57,58)/t23-,24-,25-,26-,27-,28-,29-/m0/s1. The van der Waals surface area contributed by atoms with Crippen LogP contribution in [0, 0.1) is 17.8 Å². The highest BCUT2D eigenvalue weighted by Crippen LogP contribution is 2.18. The molecule has 7 atom stereocenters. The molecule has 1 aliphatic rings. The summed E-state index contributed by atoms with van der Waals surface area (Å²) in [6.45, 7) is 12.4. The fraction of sp³-hybridized carbons (Fsp3) is 0.763. The zero-order chi connectivity index (χ0) is 44.3. The first-order chi connectivity index (χ1) is 27.1. The Labute approximate surface area is 340 Å². The molecular formula is C38H67N9O11. The number of carbonyl (C=O) groups excluding carboxylic acids is 7.